The van der Waals surface area contributed by atoms with E-state index in [1.807, 2.05) is 10.6 Å². The van der Waals surface area contributed by atoms with Gasteiger partial charge in [-0.05, 0) is 50.0 Å². The molecule has 2 aliphatic rings. The fourth-order valence-electron chi connectivity index (χ4n) is 3.76. The highest BCUT2D eigenvalue weighted by atomic mass is 32.2. The highest BCUT2D eigenvalue weighted by molar-refractivity contribution is 7.89. The van der Waals surface area contributed by atoms with Crippen molar-refractivity contribution in [2.24, 2.45) is 5.92 Å². The Labute approximate surface area is 179 Å². The number of sulfonamides is 1. The van der Waals surface area contributed by atoms with Gasteiger partial charge in [-0.25, -0.2) is 8.42 Å². The smallest absolute Gasteiger partial charge is 0.244 e. The molecule has 2 heterocycles. The maximum absolute atomic E-state index is 12.9. The van der Waals surface area contributed by atoms with E-state index in [1.54, 1.807) is 12.1 Å². The van der Waals surface area contributed by atoms with Gasteiger partial charge in [0, 0.05) is 25.0 Å². The summed E-state index contributed by atoms with van der Waals surface area (Å²) in [5, 5.41) is 19.1. The van der Waals surface area contributed by atoms with Gasteiger partial charge in [0.05, 0.1) is 17.0 Å². The van der Waals surface area contributed by atoms with Crippen LogP contribution in [0.2, 0.25) is 0 Å². The highest BCUT2D eigenvalue weighted by Crippen LogP contribution is 2.35. The van der Waals surface area contributed by atoms with Crippen LogP contribution in [0, 0.1) is 22.0 Å². The second-order valence-electron chi connectivity index (χ2n) is 7.55. The Bertz CT molecular complexity index is 1150. The molecule has 1 aromatic carbocycles. The first-order valence-corrected chi connectivity index (χ1v) is 11.7. The second-order valence-corrected chi connectivity index (χ2v) is 9.84. The van der Waals surface area contributed by atoms with Crippen LogP contribution in [0.5, 0.6) is 0 Å². The molecule has 11 heteroatoms. The number of hydrogen-bond donors (Lipinski definition) is 2. The molecule has 1 amide bonds. The standard InChI is InChI=1S/C19H22N6O3S2/c20-11-14-3-1-2-4-16(14)30(27,28)24-9-7-13(8-10-24)18(26)21-12-17-22-23-19(29)25(17)15-5-6-15/h1-4,13,15H,5-10,12H2,(H,21,26)(H,23,29). The Morgan fingerprint density at radius 2 is 1.97 bits per heavy atom. The molecule has 2 aromatic rings. The number of nitrogens with zero attached hydrogens (tertiary/aromatic N) is 4. The van der Waals surface area contributed by atoms with E-state index in [4.69, 9.17) is 12.2 Å². The molecular formula is C19H22N6O3S2. The summed E-state index contributed by atoms with van der Waals surface area (Å²) in [5.41, 5.74) is 0.126. The van der Waals surface area contributed by atoms with Crippen molar-refractivity contribution in [1.29, 1.82) is 5.26 Å². The Balaban J connectivity index is 1.36. The molecule has 0 atom stereocenters. The van der Waals surface area contributed by atoms with Crippen LogP contribution in [0.25, 0.3) is 0 Å². The van der Waals surface area contributed by atoms with Gasteiger partial charge in [0.25, 0.3) is 0 Å². The largest absolute Gasteiger partial charge is 0.349 e. The normalized spacial score (nSPS) is 18.1. The van der Waals surface area contributed by atoms with Gasteiger partial charge < -0.3 is 5.32 Å². The topological polar surface area (TPSA) is 124 Å². The van der Waals surface area contributed by atoms with Crippen molar-refractivity contribution in [2.45, 2.75) is 43.2 Å². The van der Waals surface area contributed by atoms with Gasteiger partial charge in [-0.15, -0.1) is 0 Å². The number of carbonyl (C=O) groups is 1. The summed E-state index contributed by atoms with van der Waals surface area (Å²) in [4.78, 5) is 12.6. The highest BCUT2D eigenvalue weighted by Gasteiger charge is 2.33. The van der Waals surface area contributed by atoms with Crippen LogP contribution in [0.3, 0.4) is 0 Å². The first kappa shape index (κ1) is 20.7. The summed E-state index contributed by atoms with van der Waals surface area (Å²) in [6.07, 6.45) is 2.98. The third-order valence-electron chi connectivity index (χ3n) is 5.56. The van der Waals surface area contributed by atoms with E-state index in [1.165, 1.54) is 16.4 Å². The molecule has 1 aliphatic heterocycles. The number of H-pyrrole nitrogens is 1. The molecule has 2 N–H and O–H groups in total. The number of piperidine rings is 1. The molecule has 1 aliphatic carbocycles. The Morgan fingerprint density at radius 1 is 1.27 bits per heavy atom. The van der Waals surface area contributed by atoms with Crippen molar-refractivity contribution >= 4 is 28.1 Å². The third-order valence-corrected chi connectivity index (χ3v) is 7.81. The minimum absolute atomic E-state index is 0.0123. The van der Waals surface area contributed by atoms with Crippen LogP contribution < -0.4 is 5.32 Å². The van der Waals surface area contributed by atoms with Crippen molar-refractivity contribution in [2.75, 3.05) is 13.1 Å². The summed E-state index contributed by atoms with van der Waals surface area (Å²) in [5.74, 6) is 0.337. The first-order valence-electron chi connectivity index (χ1n) is 9.84. The van der Waals surface area contributed by atoms with Crippen molar-refractivity contribution < 1.29 is 13.2 Å². The van der Waals surface area contributed by atoms with Gasteiger partial charge in [-0.3, -0.25) is 14.5 Å². The molecule has 1 saturated carbocycles. The number of aromatic nitrogens is 3. The molecule has 1 aromatic heterocycles. The van der Waals surface area contributed by atoms with Crippen LogP contribution in [0.1, 0.15) is 43.1 Å². The molecule has 1 saturated heterocycles. The number of nitrogens with one attached hydrogen (secondary N) is 2. The van der Waals surface area contributed by atoms with E-state index in [-0.39, 0.29) is 41.9 Å². The second kappa shape index (κ2) is 8.29. The van der Waals surface area contributed by atoms with E-state index in [9.17, 15) is 18.5 Å². The average Bonchev–Trinajstić information content (AvgIpc) is 3.54. The fraction of sp³-hybridized carbons (Fsp3) is 0.474. The summed E-state index contributed by atoms with van der Waals surface area (Å²) in [7, 11) is -3.76. The zero-order chi connectivity index (χ0) is 21.3. The lowest BCUT2D eigenvalue weighted by molar-refractivity contribution is -0.126. The SMILES string of the molecule is N#Cc1ccccc1S(=O)(=O)N1CCC(C(=O)NCc2n[nH]c(=S)n2C2CC2)CC1. The van der Waals surface area contributed by atoms with Gasteiger partial charge >= 0.3 is 0 Å². The van der Waals surface area contributed by atoms with Gasteiger partial charge in [0.2, 0.25) is 15.9 Å². The molecular weight excluding hydrogens is 424 g/mol. The molecule has 4 rings (SSSR count). The molecule has 0 bridgehead atoms. The minimum Gasteiger partial charge on any atom is -0.349 e. The van der Waals surface area contributed by atoms with Crippen LogP contribution in [-0.2, 0) is 21.4 Å². The lowest BCUT2D eigenvalue weighted by atomic mass is 9.97. The fourth-order valence-corrected chi connectivity index (χ4v) is 5.68. The molecule has 2 fully saturated rings. The maximum Gasteiger partial charge on any atom is 0.244 e. The lowest BCUT2D eigenvalue weighted by Crippen LogP contribution is -2.43. The number of amides is 1. The zero-order valence-corrected chi connectivity index (χ0v) is 17.9. The number of aromatic amines is 1. The van der Waals surface area contributed by atoms with Gasteiger partial charge in [-0.1, -0.05) is 12.1 Å². The number of hydrogen-bond acceptors (Lipinski definition) is 6. The van der Waals surface area contributed by atoms with Crippen molar-refractivity contribution in [3.63, 3.8) is 0 Å². The van der Waals surface area contributed by atoms with Crippen LogP contribution in [0.4, 0.5) is 0 Å². The van der Waals surface area contributed by atoms with Crippen molar-refractivity contribution in [3.8, 4) is 6.07 Å². The Hall–Kier alpha value is -2.55. The van der Waals surface area contributed by atoms with E-state index in [0.717, 1.165) is 12.8 Å². The average molecular weight is 447 g/mol. The van der Waals surface area contributed by atoms with Crippen molar-refractivity contribution in [1.82, 2.24) is 24.4 Å². The van der Waals surface area contributed by atoms with Gasteiger partial charge in [0.15, 0.2) is 10.6 Å². The zero-order valence-electron chi connectivity index (χ0n) is 16.2. The van der Waals surface area contributed by atoms with E-state index in [0.29, 0.717) is 29.5 Å². The molecule has 0 spiro atoms. The summed E-state index contributed by atoms with van der Waals surface area (Å²) >= 11 is 5.25. The number of nitriles is 1. The number of benzene rings is 1. The van der Waals surface area contributed by atoms with E-state index < -0.39 is 10.0 Å². The van der Waals surface area contributed by atoms with Gasteiger partial charge in [-0.2, -0.15) is 14.7 Å². The quantitative estimate of drug-likeness (QED) is 0.653. The first-order chi connectivity index (χ1) is 14.4. The lowest BCUT2D eigenvalue weighted by Gasteiger charge is -2.30. The molecule has 9 nitrogen and oxygen atoms in total. The monoisotopic (exact) mass is 446 g/mol. The summed E-state index contributed by atoms with van der Waals surface area (Å²) < 4.78 is 29.7. The molecule has 0 unspecified atom stereocenters. The molecule has 30 heavy (non-hydrogen) atoms. The van der Waals surface area contributed by atoms with Gasteiger partial charge in [0.1, 0.15) is 6.07 Å². The molecule has 0 radical (unpaired) electrons. The summed E-state index contributed by atoms with van der Waals surface area (Å²) in [6.45, 7) is 0.762. The predicted molar refractivity (Wildman–Crippen MR) is 110 cm³/mol. The van der Waals surface area contributed by atoms with Crippen LogP contribution >= 0.6 is 12.2 Å². The maximum atomic E-state index is 12.9. The predicted octanol–water partition coefficient (Wildman–Crippen LogP) is 1.86. The Kier molecular flexibility index (Phi) is 5.73. The van der Waals surface area contributed by atoms with E-state index in [2.05, 4.69) is 15.5 Å². The number of rotatable bonds is 6. The van der Waals surface area contributed by atoms with Crippen LogP contribution in [0.15, 0.2) is 29.2 Å². The summed E-state index contributed by atoms with van der Waals surface area (Å²) in [6, 6.07) is 8.47. The molecule has 158 valence electrons. The Morgan fingerprint density at radius 3 is 2.63 bits per heavy atom. The van der Waals surface area contributed by atoms with E-state index >= 15 is 0 Å². The minimum atomic E-state index is -3.76. The number of carbonyl (C=O) groups excluding carboxylic acids is 1. The van der Waals surface area contributed by atoms with Crippen molar-refractivity contribution in [3.05, 3.63) is 40.4 Å². The third kappa shape index (κ3) is 4.03. The van der Waals surface area contributed by atoms with Crippen LogP contribution in [-0.4, -0.2) is 46.5 Å².